The van der Waals surface area contributed by atoms with Crippen LogP contribution < -0.4 is 14.2 Å². The Morgan fingerprint density at radius 2 is 2.24 bits per heavy atom. The van der Waals surface area contributed by atoms with Crippen LogP contribution in [0.2, 0.25) is 0 Å². The molecule has 8 heteroatoms. The maximum absolute atomic E-state index is 12.2. The van der Waals surface area contributed by atoms with Gasteiger partial charge in [-0.2, -0.15) is 0 Å². The molecular formula is C17H25N3O4S. The van der Waals surface area contributed by atoms with Gasteiger partial charge in [0.1, 0.15) is 11.4 Å². The number of rotatable bonds is 7. The van der Waals surface area contributed by atoms with E-state index in [2.05, 4.69) is 14.6 Å². The van der Waals surface area contributed by atoms with Crippen LogP contribution in [0.25, 0.3) is 0 Å². The Bertz CT molecular complexity index is 749. The molecule has 1 atom stereocenters. The highest BCUT2D eigenvalue weighted by molar-refractivity contribution is 7.92. The molecule has 0 saturated heterocycles. The lowest BCUT2D eigenvalue weighted by Crippen LogP contribution is -2.31. The first-order valence-electron chi connectivity index (χ1n) is 8.74. The van der Waals surface area contributed by atoms with Crippen molar-refractivity contribution in [3.63, 3.8) is 0 Å². The molecule has 1 unspecified atom stereocenters. The number of ether oxygens (including phenoxy) is 2. The van der Waals surface area contributed by atoms with Crippen molar-refractivity contribution in [2.45, 2.75) is 32.7 Å². The van der Waals surface area contributed by atoms with Gasteiger partial charge >= 0.3 is 0 Å². The summed E-state index contributed by atoms with van der Waals surface area (Å²) in [6.07, 6.45) is 3.55. The molecule has 0 bridgehead atoms. The molecule has 1 aromatic rings. The average Bonchev–Trinajstić information content (AvgIpc) is 3.15. The summed E-state index contributed by atoms with van der Waals surface area (Å²) in [6, 6.07) is 3.94. The molecule has 138 valence electrons. The fourth-order valence-corrected chi connectivity index (χ4v) is 3.71. The van der Waals surface area contributed by atoms with Crippen molar-refractivity contribution in [1.82, 2.24) is 4.90 Å². The summed E-state index contributed by atoms with van der Waals surface area (Å²) in [6.45, 7) is 6.32. The van der Waals surface area contributed by atoms with Crippen LogP contribution in [0, 0.1) is 0 Å². The van der Waals surface area contributed by atoms with E-state index in [1.807, 2.05) is 25.4 Å². The van der Waals surface area contributed by atoms with E-state index in [9.17, 15) is 8.42 Å². The van der Waals surface area contributed by atoms with Crippen LogP contribution in [0.1, 0.15) is 38.3 Å². The monoisotopic (exact) mass is 367 g/mol. The topological polar surface area (TPSA) is 80.2 Å². The van der Waals surface area contributed by atoms with Crippen molar-refractivity contribution >= 4 is 22.0 Å². The number of fused-ring (bicyclic) bond motifs is 1. The van der Waals surface area contributed by atoms with Crippen LogP contribution in [0.3, 0.4) is 0 Å². The van der Waals surface area contributed by atoms with Crippen LogP contribution >= 0.6 is 0 Å². The summed E-state index contributed by atoms with van der Waals surface area (Å²) in [5.41, 5.74) is 1.38. The Morgan fingerprint density at radius 1 is 1.40 bits per heavy atom. The smallest absolute Gasteiger partial charge is 0.232 e. The lowest BCUT2D eigenvalue weighted by Gasteiger charge is -2.33. The molecular weight excluding hydrogens is 342 g/mol. The Hall–Kier alpha value is -1.96. The fraction of sp³-hybridized carbons (Fsp3) is 0.588. The number of nitrogens with one attached hydrogen (secondary N) is 1. The SMILES string of the molecule is CCCOc1ccc2c(c1NS(=O)(=O)CC)OCCC2N1C=NCC1. The number of anilines is 1. The van der Waals surface area contributed by atoms with Crippen molar-refractivity contribution < 1.29 is 17.9 Å². The molecule has 2 heterocycles. The normalized spacial score (nSPS) is 19.4. The van der Waals surface area contributed by atoms with E-state index in [0.29, 0.717) is 30.4 Å². The third-order valence-corrected chi connectivity index (χ3v) is 5.64. The summed E-state index contributed by atoms with van der Waals surface area (Å²) < 4.78 is 38.6. The molecule has 2 aliphatic heterocycles. The minimum absolute atomic E-state index is 0.00784. The van der Waals surface area contributed by atoms with Crippen LogP contribution in [-0.4, -0.2) is 51.7 Å². The first-order chi connectivity index (χ1) is 12.1. The molecule has 25 heavy (non-hydrogen) atoms. The Labute approximate surface area is 149 Å². The number of nitrogens with zero attached hydrogens (tertiary/aromatic N) is 2. The van der Waals surface area contributed by atoms with Crippen molar-refractivity contribution in [2.75, 3.05) is 36.8 Å². The van der Waals surface area contributed by atoms with Gasteiger partial charge in [0.15, 0.2) is 5.75 Å². The lowest BCUT2D eigenvalue weighted by atomic mass is 9.98. The van der Waals surface area contributed by atoms with Crippen LogP contribution in [-0.2, 0) is 10.0 Å². The van der Waals surface area contributed by atoms with E-state index in [-0.39, 0.29) is 11.8 Å². The molecule has 0 radical (unpaired) electrons. The van der Waals surface area contributed by atoms with Gasteiger partial charge < -0.3 is 14.4 Å². The number of hydrogen-bond acceptors (Lipinski definition) is 6. The summed E-state index contributed by atoms with van der Waals surface area (Å²) in [5, 5.41) is 0. The highest BCUT2D eigenvalue weighted by atomic mass is 32.2. The summed E-state index contributed by atoms with van der Waals surface area (Å²) in [5.74, 6) is 1.07. The predicted molar refractivity (Wildman–Crippen MR) is 98.2 cm³/mol. The highest BCUT2D eigenvalue weighted by Crippen LogP contribution is 2.45. The van der Waals surface area contributed by atoms with Crippen molar-refractivity contribution in [3.05, 3.63) is 17.7 Å². The number of sulfonamides is 1. The third-order valence-electron chi connectivity index (χ3n) is 4.36. The highest BCUT2D eigenvalue weighted by Gasteiger charge is 2.31. The number of benzene rings is 1. The average molecular weight is 367 g/mol. The molecule has 0 saturated carbocycles. The van der Waals surface area contributed by atoms with Gasteiger partial charge in [0.05, 0.1) is 37.9 Å². The molecule has 0 fully saturated rings. The minimum Gasteiger partial charge on any atom is -0.491 e. The molecule has 0 spiro atoms. The second-order valence-electron chi connectivity index (χ2n) is 6.12. The maximum atomic E-state index is 12.2. The molecule has 7 nitrogen and oxygen atoms in total. The van der Waals surface area contributed by atoms with Gasteiger partial charge in [-0.15, -0.1) is 0 Å². The fourth-order valence-electron chi connectivity index (χ4n) is 3.06. The Kier molecular flexibility index (Phi) is 5.36. The van der Waals surface area contributed by atoms with Gasteiger partial charge in [-0.25, -0.2) is 8.42 Å². The van der Waals surface area contributed by atoms with Gasteiger partial charge in [-0.05, 0) is 25.5 Å². The van der Waals surface area contributed by atoms with Gasteiger partial charge in [-0.1, -0.05) is 6.92 Å². The van der Waals surface area contributed by atoms with Crippen LogP contribution in [0.5, 0.6) is 11.5 Å². The first-order valence-corrected chi connectivity index (χ1v) is 10.4. The summed E-state index contributed by atoms with van der Waals surface area (Å²) >= 11 is 0. The molecule has 0 amide bonds. The number of hydrogen-bond donors (Lipinski definition) is 1. The summed E-state index contributed by atoms with van der Waals surface area (Å²) in [4.78, 5) is 6.48. The largest absolute Gasteiger partial charge is 0.491 e. The second kappa shape index (κ2) is 7.51. The van der Waals surface area contributed by atoms with Crippen molar-refractivity contribution in [1.29, 1.82) is 0 Å². The second-order valence-corrected chi connectivity index (χ2v) is 8.13. The molecule has 3 rings (SSSR count). The van der Waals surface area contributed by atoms with Gasteiger partial charge in [0.25, 0.3) is 0 Å². The minimum atomic E-state index is -3.44. The molecule has 1 N–H and O–H groups in total. The summed E-state index contributed by atoms with van der Waals surface area (Å²) in [7, 11) is -3.44. The zero-order chi connectivity index (χ0) is 17.9. The van der Waals surface area contributed by atoms with E-state index in [4.69, 9.17) is 9.47 Å². The van der Waals surface area contributed by atoms with Crippen LogP contribution in [0.15, 0.2) is 17.1 Å². The Morgan fingerprint density at radius 3 is 2.92 bits per heavy atom. The quantitative estimate of drug-likeness (QED) is 0.800. The van der Waals surface area contributed by atoms with E-state index in [1.54, 1.807) is 6.92 Å². The van der Waals surface area contributed by atoms with Crippen molar-refractivity contribution in [3.8, 4) is 11.5 Å². The van der Waals surface area contributed by atoms with Crippen LogP contribution in [0.4, 0.5) is 5.69 Å². The first kappa shape index (κ1) is 17.8. The maximum Gasteiger partial charge on any atom is 0.232 e. The molecule has 2 aliphatic rings. The molecule has 1 aromatic carbocycles. The third kappa shape index (κ3) is 3.84. The van der Waals surface area contributed by atoms with Crippen molar-refractivity contribution in [2.24, 2.45) is 4.99 Å². The van der Waals surface area contributed by atoms with Gasteiger partial charge in [-0.3, -0.25) is 9.71 Å². The van der Waals surface area contributed by atoms with Gasteiger partial charge in [0.2, 0.25) is 10.0 Å². The van der Waals surface area contributed by atoms with E-state index >= 15 is 0 Å². The molecule has 0 aromatic heterocycles. The van der Waals surface area contributed by atoms with E-state index in [1.165, 1.54) is 0 Å². The van der Waals surface area contributed by atoms with E-state index in [0.717, 1.165) is 31.5 Å². The lowest BCUT2D eigenvalue weighted by molar-refractivity contribution is 0.210. The number of aliphatic imine (C=N–C) groups is 1. The standard InChI is InChI=1S/C17H25N3O4S/c1-3-10-23-15-6-5-13-14(20-9-8-18-12-20)7-11-24-17(13)16(15)19-25(21,22)4-2/h5-6,12,14,19H,3-4,7-11H2,1-2H3. The Balaban J connectivity index is 2.02. The zero-order valence-corrected chi connectivity index (χ0v) is 15.5. The van der Waals surface area contributed by atoms with E-state index < -0.39 is 10.0 Å². The van der Waals surface area contributed by atoms with Gasteiger partial charge in [0, 0.05) is 18.5 Å². The predicted octanol–water partition coefficient (Wildman–Crippen LogP) is 2.40. The zero-order valence-electron chi connectivity index (χ0n) is 14.7. The molecule has 0 aliphatic carbocycles.